The van der Waals surface area contributed by atoms with E-state index in [0.29, 0.717) is 0 Å². The van der Waals surface area contributed by atoms with Gasteiger partial charge in [-0.1, -0.05) is 13.2 Å². The molecule has 0 aliphatic rings. The van der Waals surface area contributed by atoms with E-state index in [4.69, 9.17) is 5.26 Å². The van der Waals surface area contributed by atoms with Gasteiger partial charge >= 0.3 is 11.9 Å². The van der Waals surface area contributed by atoms with E-state index >= 15 is 0 Å². The summed E-state index contributed by atoms with van der Waals surface area (Å²) in [5.41, 5.74) is -0.317. The molecule has 0 aromatic carbocycles. The van der Waals surface area contributed by atoms with Crippen LogP contribution in [0.3, 0.4) is 0 Å². The van der Waals surface area contributed by atoms with Gasteiger partial charge in [-0.25, -0.2) is 9.59 Å². The van der Waals surface area contributed by atoms with Crippen LogP contribution in [-0.2, 0) is 19.1 Å². The van der Waals surface area contributed by atoms with Gasteiger partial charge in [-0.2, -0.15) is 5.26 Å². The second-order valence-electron chi connectivity index (χ2n) is 2.49. The number of nitriles is 1. The van der Waals surface area contributed by atoms with Gasteiger partial charge in [0.2, 0.25) is 0 Å². The van der Waals surface area contributed by atoms with Crippen molar-refractivity contribution in [1.29, 1.82) is 5.26 Å². The Bertz CT molecular complexity index is 338. The number of rotatable bonds is 5. The molecule has 0 atom stereocenters. The summed E-state index contributed by atoms with van der Waals surface area (Å²) in [5, 5.41) is 8.32. The van der Waals surface area contributed by atoms with E-state index in [2.05, 4.69) is 22.6 Å². The molecule has 80 valence electrons. The van der Waals surface area contributed by atoms with Crippen molar-refractivity contribution in [3.8, 4) is 6.07 Å². The second kappa shape index (κ2) is 6.38. The molecule has 0 bridgehead atoms. The standard InChI is InChI=1S/C10H11NO4/c1-4-14-9(12)8(3)10(13)15-6-7(2)5-11/h2-4,6H2,1H3. The van der Waals surface area contributed by atoms with E-state index < -0.39 is 17.5 Å². The number of hydrogen-bond donors (Lipinski definition) is 0. The van der Waals surface area contributed by atoms with Crippen LogP contribution in [0.4, 0.5) is 0 Å². The van der Waals surface area contributed by atoms with Crippen LogP contribution in [0.15, 0.2) is 24.3 Å². The van der Waals surface area contributed by atoms with Crippen LogP contribution in [0, 0.1) is 11.3 Å². The SMILES string of the molecule is C=C(C#N)COC(=O)C(=C)C(=O)OCC. The third-order valence-electron chi connectivity index (χ3n) is 1.30. The number of ether oxygens (including phenoxy) is 2. The van der Waals surface area contributed by atoms with Crippen LogP contribution in [0.25, 0.3) is 0 Å². The maximum atomic E-state index is 11.1. The predicted molar refractivity (Wildman–Crippen MR) is 51.5 cm³/mol. The minimum atomic E-state index is -0.912. The van der Waals surface area contributed by atoms with Crippen molar-refractivity contribution < 1.29 is 19.1 Å². The van der Waals surface area contributed by atoms with Gasteiger partial charge in [-0.05, 0) is 6.92 Å². The van der Waals surface area contributed by atoms with Crippen molar-refractivity contribution in [2.24, 2.45) is 0 Å². The van der Waals surface area contributed by atoms with Crippen molar-refractivity contribution in [1.82, 2.24) is 0 Å². The van der Waals surface area contributed by atoms with Crippen molar-refractivity contribution in [3.63, 3.8) is 0 Å². The Hall–Kier alpha value is -2.09. The molecule has 0 aliphatic carbocycles. The zero-order valence-corrected chi connectivity index (χ0v) is 8.41. The summed E-state index contributed by atoms with van der Waals surface area (Å²) < 4.78 is 9.09. The summed E-state index contributed by atoms with van der Waals surface area (Å²) in [6.07, 6.45) is 0. The Morgan fingerprint density at radius 3 is 2.27 bits per heavy atom. The highest BCUT2D eigenvalue weighted by Crippen LogP contribution is 2.00. The quantitative estimate of drug-likeness (QED) is 0.219. The molecular weight excluding hydrogens is 198 g/mol. The molecule has 15 heavy (non-hydrogen) atoms. The van der Waals surface area contributed by atoms with E-state index in [-0.39, 0.29) is 18.8 Å². The molecule has 5 nitrogen and oxygen atoms in total. The molecule has 0 fully saturated rings. The van der Waals surface area contributed by atoms with Gasteiger partial charge < -0.3 is 9.47 Å². The van der Waals surface area contributed by atoms with Crippen molar-refractivity contribution in [3.05, 3.63) is 24.3 Å². The first-order chi connectivity index (χ1) is 7.02. The maximum Gasteiger partial charge on any atom is 0.345 e. The molecule has 0 saturated heterocycles. The van der Waals surface area contributed by atoms with Gasteiger partial charge in [-0.3, -0.25) is 0 Å². The fourth-order valence-corrected chi connectivity index (χ4v) is 0.574. The van der Waals surface area contributed by atoms with Gasteiger partial charge in [0, 0.05) is 0 Å². The lowest BCUT2D eigenvalue weighted by Gasteiger charge is -2.05. The minimum Gasteiger partial charge on any atom is -0.462 e. The molecule has 0 radical (unpaired) electrons. The minimum absolute atomic E-state index is 0.0833. The van der Waals surface area contributed by atoms with Crippen molar-refractivity contribution in [2.45, 2.75) is 6.92 Å². The third-order valence-corrected chi connectivity index (χ3v) is 1.30. The molecular formula is C10H11NO4. The molecule has 0 rings (SSSR count). The zero-order valence-electron chi connectivity index (χ0n) is 8.41. The van der Waals surface area contributed by atoms with Gasteiger partial charge in [0.05, 0.1) is 18.2 Å². The van der Waals surface area contributed by atoms with E-state index in [9.17, 15) is 9.59 Å². The average molecular weight is 209 g/mol. The van der Waals surface area contributed by atoms with E-state index in [1.807, 2.05) is 0 Å². The number of carbonyl (C=O) groups is 2. The Balaban J connectivity index is 4.12. The summed E-state index contributed by atoms with van der Waals surface area (Å²) in [6.45, 7) is 8.01. The molecule has 0 amide bonds. The van der Waals surface area contributed by atoms with Crippen LogP contribution in [0.2, 0.25) is 0 Å². The lowest BCUT2D eigenvalue weighted by molar-refractivity contribution is -0.146. The highest BCUT2D eigenvalue weighted by molar-refractivity contribution is 6.13. The lowest BCUT2D eigenvalue weighted by atomic mass is 10.3. The van der Waals surface area contributed by atoms with Crippen molar-refractivity contribution >= 4 is 11.9 Å². The molecule has 0 heterocycles. The van der Waals surface area contributed by atoms with E-state index in [0.717, 1.165) is 0 Å². The van der Waals surface area contributed by atoms with E-state index in [1.54, 1.807) is 13.0 Å². The molecule has 0 unspecified atom stereocenters. The molecule has 0 aromatic heterocycles. The fourth-order valence-electron chi connectivity index (χ4n) is 0.574. The van der Waals surface area contributed by atoms with Gasteiger partial charge in [-0.15, -0.1) is 0 Å². The molecule has 0 aliphatic heterocycles. The monoisotopic (exact) mass is 209 g/mol. The Morgan fingerprint density at radius 2 is 1.80 bits per heavy atom. The van der Waals surface area contributed by atoms with Crippen LogP contribution < -0.4 is 0 Å². The number of esters is 2. The second-order valence-corrected chi connectivity index (χ2v) is 2.49. The van der Waals surface area contributed by atoms with Crippen LogP contribution in [0.1, 0.15) is 6.92 Å². The first-order valence-electron chi connectivity index (χ1n) is 4.14. The topological polar surface area (TPSA) is 76.4 Å². The Kier molecular flexibility index (Phi) is 5.49. The first-order valence-corrected chi connectivity index (χ1v) is 4.14. The molecule has 0 saturated carbocycles. The highest BCUT2D eigenvalue weighted by Gasteiger charge is 2.18. The Morgan fingerprint density at radius 1 is 1.27 bits per heavy atom. The fraction of sp³-hybridized carbons (Fsp3) is 0.300. The number of nitrogens with zero attached hydrogens (tertiary/aromatic N) is 1. The molecule has 0 N–H and O–H groups in total. The van der Waals surface area contributed by atoms with Crippen LogP contribution in [-0.4, -0.2) is 25.2 Å². The first kappa shape index (κ1) is 12.9. The van der Waals surface area contributed by atoms with Gasteiger partial charge in [0.25, 0.3) is 0 Å². The zero-order chi connectivity index (χ0) is 11.8. The predicted octanol–water partition coefficient (Wildman–Crippen LogP) is 0.729. The van der Waals surface area contributed by atoms with Crippen LogP contribution in [0.5, 0.6) is 0 Å². The van der Waals surface area contributed by atoms with Gasteiger partial charge in [0.1, 0.15) is 12.2 Å². The summed E-state index contributed by atoms with van der Waals surface area (Å²) in [5.74, 6) is -1.74. The largest absolute Gasteiger partial charge is 0.462 e. The van der Waals surface area contributed by atoms with E-state index in [1.165, 1.54) is 0 Å². The maximum absolute atomic E-state index is 11.1. The van der Waals surface area contributed by atoms with Crippen LogP contribution >= 0.6 is 0 Å². The summed E-state index contributed by atoms with van der Waals surface area (Å²) in [6, 6.07) is 1.70. The summed E-state index contributed by atoms with van der Waals surface area (Å²) >= 11 is 0. The average Bonchev–Trinajstić information content (AvgIpc) is 2.24. The lowest BCUT2D eigenvalue weighted by Crippen LogP contribution is -2.18. The highest BCUT2D eigenvalue weighted by atomic mass is 16.6. The smallest absolute Gasteiger partial charge is 0.345 e. The molecule has 0 spiro atoms. The molecule has 5 heteroatoms. The number of carbonyl (C=O) groups excluding carboxylic acids is 2. The number of hydrogen-bond acceptors (Lipinski definition) is 5. The molecule has 0 aromatic rings. The van der Waals surface area contributed by atoms with Gasteiger partial charge in [0.15, 0.2) is 0 Å². The summed E-state index contributed by atoms with van der Waals surface area (Å²) in [4.78, 5) is 22.1. The third kappa shape index (κ3) is 4.62. The normalized spacial score (nSPS) is 8.53. The van der Waals surface area contributed by atoms with Crippen molar-refractivity contribution in [2.75, 3.05) is 13.2 Å². The Labute approximate surface area is 87.6 Å². The summed E-state index contributed by atoms with van der Waals surface area (Å²) in [7, 11) is 0.